The van der Waals surface area contributed by atoms with Crippen molar-refractivity contribution in [1.29, 1.82) is 0 Å². The van der Waals surface area contributed by atoms with Gasteiger partial charge in [-0.15, -0.1) is 0 Å². The molecule has 2 heteroatoms. The fourth-order valence-corrected chi connectivity index (χ4v) is 2.51. The van der Waals surface area contributed by atoms with Crippen LogP contribution in [-0.2, 0) is 0 Å². The minimum Gasteiger partial charge on any atom is -0.460 e. The molecule has 1 aromatic carbocycles. The van der Waals surface area contributed by atoms with Gasteiger partial charge in [0.05, 0.1) is 5.56 Å². The highest BCUT2D eigenvalue weighted by molar-refractivity contribution is 5.97. The highest BCUT2D eigenvalue weighted by Gasteiger charge is 2.21. The molecule has 0 fully saturated rings. The molecule has 3 rings (SSSR count). The number of allylic oxidation sites excluding steroid dienone is 2. The van der Waals surface area contributed by atoms with Crippen molar-refractivity contribution >= 4 is 17.3 Å². The van der Waals surface area contributed by atoms with Crippen LogP contribution in [0.5, 0.6) is 0 Å². The summed E-state index contributed by atoms with van der Waals surface area (Å²) in [7, 11) is 0. The molecule has 1 aliphatic rings. The van der Waals surface area contributed by atoms with Gasteiger partial charge in [0.15, 0.2) is 6.29 Å². The first kappa shape index (κ1) is 10.3. The van der Waals surface area contributed by atoms with Crippen LogP contribution in [-0.4, -0.2) is 6.29 Å². The lowest BCUT2D eigenvalue weighted by Crippen LogP contribution is -2.00. The van der Waals surface area contributed by atoms with E-state index in [2.05, 4.69) is 12.2 Å². The smallest absolute Gasteiger partial charge is 0.154 e. The Kier molecular flexibility index (Phi) is 2.56. The second-order valence-electron chi connectivity index (χ2n) is 4.46. The maximum atomic E-state index is 11.3. The van der Waals surface area contributed by atoms with Gasteiger partial charge in [-0.3, -0.25) is 4.79 Å². The van der Waals surface area contributed by atoms with Gasteiger partial charge in [-0.25, -0.2) is 0 Å². The summed E-state index contributed by atoms with van der Waals surface area (Å²) in [5.74, 6) is 1.09. The van der Waals surface area contributed by atoms with Crippen molar-refractivity contribution in [2.24, 2.45) is 0 Å². The van der Waals surface area contributed by atoms with E-state index in [1.165, 1.54) is 0 Å². The molecule has 0 amide bonds. The number of furan rings is 1. The number of carbonyl (C=O) groups is 1. The third-order valence-corrected chi connectivity index (χ3v) is 3.37. The number of para-hydroxylation sites is 1. The van der Waals surface area contributed by atoms with E-state index in [0.717, 1.165) is 47.8 Å². The Hall–Kier alpha value is -1.83. The van der Waals surface area contributed by atoms with Gasteiger partial charge in [-0.05, 0) is 25.3 Å². The third-order valence-electron chi connectivity index (χ3n) is 3.37. The van der Waals surface area contributed by atoms with Gasteiger partial charge < -0.3 is 4.42 Å². The lowest BCUT2D eigenvalue weighted by molar-refractivity contribution is 0.112. The van der Waals surface area contributed by atoms with Crippen LogP contribution in [0.2, 0.25) is 0 Å². The first-order valence-corrected chi connectivity index (χ1v) is 6.03. The van der Waals surface area contributed by atoms with E-state index in [9.17, 15) is 4.79 Å². The number of hydrogen-bond acceptors (Lipinski definition) is 2. The molecule has 86 valence electrons. The first-order valence-electron chi connectivity index (χ1n) is 6.03. The van der Waals surface area contributed by atoms with Crippen LogP contribution in [0.1, 0.15) is 41.3 Å². The number of hydrogen-bond donors (Lipinski definition) is 0. The van der Waals surface area contributed by atoms with Crippen molar-refractivity contribution in [3.8, 4) is 0 Å². The van der Waals surface area contributed by atoms with Gasteiger partial charge in [0, 0.05) is 11.3 Å². The van der Waals surface area contributed by atoms with Gasteiger partial charge in [0.25, 0.3) is 0 Å². The molecule has 0 saturated heterocycles. The van der Waals surface area contributed by atoms with E-state index in [1.807, 2.05) is 24.3 Å². The van der Waals surface area contributed by atoms with Crippen LogP contribution in [0.4, 0.5) is 0 Å². The van der Waals surface area contributed by atoms with Gasteiger partial charge in [0.1, 0.15) is 11.3 Å². The molecule has 2 nitrogen and oxygen atoms in total. The molecule has 0 saturated carbocycles. The Morgan fingerprint density at radius 2 is 2.18 bits per heavy atom. The van der Waals surface area contributed by atoms with E-state index in [1.54, 1.807) is 0 Å². The number of aldehydes is 1. The maximum absolute atomic E-state index is 11.3. The number of rotatable bonds is 2. The summed E-state index contributed by atoms with van der Waals surface area (Å²) in [6, 6.07) is 7.73. The summed E-state index contributed by atoms with van der Waals surface area (Å²) in [6.07, 6.45) is 8.62. The van der Waals surface area contributed by atoms with Crippen molar-refractivity contribution < 1.29 is 9.21 Å². The standard InChI is InChI=1S/C15H14O2/c16-10-13-12-8-4-5-9-14(12)17-15(13)11-6-2-1-3-7-11/h2,4-6,8-11H,1,3,7H2. The highest BCUT2D eigenvalue weighted by Crippen LogP contribution is 2.35. The normalized spacial score (nSPS) is 19.6. The summed E-state index contributed by atoms with van der Waals surface area (Å²) in [5.41, 5.74) is 1.53. The summed E-state index contributed by atoms with van der Waals surface area (Å²) in [6.45, 7) is 0. The van der Waals surface area contributed by atoms with Gasteiger partial charge >= 0.3 is 0 Å². The average molecular weight is 226 g/mol. The van der Waals surface area contributed by atoms with Crippen LogP contribution in [0.15, 0.2) is 40.8 Å². The van der Waals surface area contributed by atoms with E-state index in [0.29, 0.717) is 0 Å². The number of fused-ring (bicyclic) bond motifs is 1. The van der Waals surface area contributed by atoms with E-state index in [4.69, 9.17) is 4.42 Å². The zero-order chi connectivity index (χ0) is 11.7. The molecule has 1 heterocycles. The molecule has 1 aromatic heterocycles. The molecular weight excluding hydrogens is 212 g/mol. The predicted molar refractivity (Wildman–Crippen MR) is 67.3 cm³/mol. The van der Waals surface area contributed by atoms with Crippen LogP contribution in [0.3, 0.4) is 0 Å². The fourth-order valence-electron chi connectivity index (χ4n) is 2.51. The topological polar surface area (TPSA) is 30.2 Å². The second-order valence-corrected chi connectivity index (χ2v) is 4.46. The first-order chi connectivity index (χ1) is 8.40. The van der Waals surface area contributed by atoms with Crippen LogP contribution < -0.4 is 0 Å². The van der Waals surface area contributed by atoms with E-state index >= 15 is 0 Å². The predicted octanol–water partition coefficient (Wildman–Crippen LogP) is 4.07. The molecule has 0 aliphatic heterocycles. The minimum atomic E-state index is 0.261. The average Bonchev–Trinajstić information content (AvgIpc) is 2.78. The molecule has 1 atom stereocenters. The second kappa shape index (κ2) is 4.21. The SMILES string of the molecule is O=Cc1c(C2C=CCCC2)oc2ccccc12. The zero-order valence-corrected chi connectivity index (χ0v) is 9.56. The van der Waals surface area contributed by atoms with Crippen LogP contribution >= 0.6 is 0 Å². The quantitative estimate of drug-likeness (QED) is 0.570. The third kappa shape index (κ3) is 1.70. The van der Waals surface area contributed by atoms with Crippen molar-refractivity contribution in [1.82, 2.24) is 0 Å². The minimum absolute atomic E-state index is 0.261. The van der Waals surface area contributed by atoms with Crippen molar-refractivity contribution in [3.05, 3.63) is 47.7 Å². The Morgan fingerprint density at radius 3 is 2.94 bits per heavy atom. The molecule has 0 spiro atoms. The molecule has 0 radical (unpaired) electrons. The molecule has 1 aliphatic carbocycles. The van der Waals surface area contributed by atoms with E-state index in [-0.39, 0.29) is 5.92 Å². The molecular formula is C15H14O2. The maximum Gasteiger partial charge on any atom is 0.154 e. The Bertz CT molecular complexity index is 578. The van der Waals surface area contributed by atoms with Gasteiger partial charge in [-0.1, -0.05) is 30.4 Å². The summed E-state index contributed by atoms with van der Waals surface area (Å²) < 4.78 is 5.85. The van der Waals surface area contributed by atoms with Crippen LogP contribution in [0.25, 0.3) is 11.0 Å². The molecule has 2 aromatic rings. The molecule has 0 bridgehead atoms. The lowest BCUT2D eigenvalue weighted by atomic mass is 9.91. The molecule has 1 unspecified atom stereocenters. The van der Waals surface area contributed by atoms with E-state index < -0.39 is 0 Å². The molecule has 0 N–H and O–H groups in total. The fraction of sp³-hybridized carbons (Fsp3) is 0.267. The Labute approximate surface area is 99.9 Å². The summed E-state index contributed by atoms with van der Waals surface area (Å²) >= 11 is 0. The molecule has 17 heavy (non-hydrogen) atoms. The Morgan fingerprint density at radius 1 is 1.29 bits per heavy atom. The van der Waals surface area contributed by atoms with Crippen molar-refractivity contribution in [2.45, 2.75) is 25.2 Å². The van der Waals surface area contributed by atoms with Crippen molar-refractivity contribution in [2.75, 3.05) is 0 Å². The Balaban J connectivity index is 2.18. The number of carbonyl (C=O) groups excluding carboxylic acids is 1. The highest BCUT2D eigenvalue weighted by atomic mass is 16.3. The largest absolute Gasteiger partial charge is 0.460 e. The van der Waals surface area contributed by atoms with Crippen molar-refractivity contribution in [3.63, 3.8) is 0 Å². The van der Waals surface area contributed by atoms with Gasteiger partial charge in [0.2, 0.25) is 0 Å². The van der Waals surface area contributed by atoms with Gasteiger partial charge in [-0.2, -0.15) is 0 Å². The summed E-state index contributed by atoms with van der Waals surface area (Å²) in [4.78, 5) is 11.3. The van der Waals surface area contributed by atoms with Crippen LogP contribution in [0, 0.1) is 0 Å². The lowest BCUT2D eigenvalue weighted by Gasteiger charge is -2.14. The summed E-state index contributed by atoms with van der Waals surface area (Å²) in [5, 5.41) is 0.927. The zero-order valence-electron chi connectivity index (χ0n) is 9.56. The monoisotopic (exact) mass is 226 g/mol. The number of benzene rings is 1.